The van der Waals surface area contributed by atoms with E-state index in [2.05, 4.69) is 27.5 Å². The van der Waals surface area contributed by atoms with E-state index < -0.39 is 0 Å². The van der Waals surface area contributed by atoms with Gasteiger partial charge in [0.15, 0.2) is 5.82 Å². The Bertz CT molecular complexity index is 791. The van der Waals surface area contributed by atoms with Crippen LogP contribution in [0, 0.1) is 13.8 Å². The van der Waals surface area contributed by atoms with Crippen molar-refractivity contribution in [2.45, 2.75) is 33.2 Å². The highest BCUT2D eigenvalue weighted by atomic mass is 16.5. The first-order valence-electron chi connectivity index (χ1n) is 7.72. The first-order chi connectivity index (χ1) is 11.1. The Kier molecular flexibility index (Phi) is 4.25. The molecule has 0 amide bonds. The fourth-order valence-electron chi connectivity index (χ4n) is 2.59. The average molecular weight is 311 g/mol. The molecule has 120 valence electrons. The molecule has 0 bridgehead atoms. The number of rotatable bonds is 5. The van der Waals surface area contributed by atoms with Gasteiger partial charge in [0.1, 0.15) is 0 Å². The molecule has 0 fully saturated rings. The van der Waals surface area contributed by atoms with Gasteiger partial charge in [0.25, 0.3) is 5.89 Å². The Morgan fingerprint density at radius 1 is 1.22 bits per heavy atom. The van der Waals surface area contributed by atoms with Crippen LogP contribution in [0.2, 0.25) is 0 Å². The number of hydrogen-bond donors (Lipinski definition) is 1. The van der Waals surface area contributed by atoms with Gasteiger partial charge in [0.05, 0.1) is 22.6 Å². The third-order valence-corrected chi connectivity index (χ3v) is 3.96. The van der Waals surface area contributed by atoms with E-state index in [9.17, 15) is 0 Å². The summed E-state index contributed by atoms with van der Waals surface area (Å²) in [6.07, 6.45) is 0.727. The molecule has 0 spiro atoms. The molecule has 2 aromatic heterocycles. The zero-order chi connectivity index (χ0) is 16.4. The van der Waals surface area contributed by atoms with E-state index in [-0.39, 0.29) is 0 Å². The van der Waals surface area contributed by atoms with E-state index >= 15 is 0 Å². The predicted molar refractivity (Wildman–Crippen MR) is 88.6 cm³/mol. The Labute approximate surface area is 135 Å². The van der Waals surface area contributed by atoms with Crippen LogP contribution in [0.4, 0.5) is 0 Å². The van der Waals surface area contributed by atoms with Crippen LogP contribution in [-0.4, -0.2) is 33.0 Å². The number of nitrogens with zero attached hydrogens (tertiary/aromatic N) is 4. The normalized spacial score (nSPS) is 12.5. The highest BCUT2D eigenvalue weighted by molar-refractivity contribution is 5.61. The molecule has 2 heterocycles. The standard InChI is InChI=1S/C17H21N5O/c1-11(18-4)10-15-19-17(23-21-15)16-12(2)20-22(13(16)3)14-8-6-5-7-9-14/h5-9,11,18H,10H2,1-4H3. The summed E-state index contributed by atoms with van der Waals surface area (Å²) in [4.78, 5) is 4.53. The molecule has 0 radical (unpaired) electrons. The predicted octanol–water partition coefficient (Wildman–Crippen LogP) is 2.69. The van der Waals surface area contributed by atoms with Crippen molar-refractivity contribution in [2.75, 3.05) is 7.05 Å². The van der Waals surface area contributed by atoms with E-state index in [1.54, 1.807) is 0 Å². The molecule has 0 aliphatic heterocycles. The van der Waals surface area contributed by atoms with Crippen LogP contribution in [0.15, 0.2) is 34.9 Å². The van der Waals surface area contributed by atoms with Gasteiger partial charge in [-0.1, -0.05) is 23.4 Å². The summed E-state index contributed by atoms with van der Waals surface area (Å²) in [5.41, 5.74) is 3.79. The lowest BCUT2D eigenvalue weighted by molar-refractivity contribution is 0.418. The first kappa shape index (κ1) is 15.4. The summed E-state index contributed by atoms with van der Waals surface area (Å²) in [5.74, 6) is 1.23. The van der Waals surface area contributed by atoms with Crippen LogP contribution in [-0.2, 0) is 6.42 Å². The third kappa shape index (κ3) is 3.03. The lowest BCUT2D eigenvalue weighted by Gasteiger charge is -2.04. The molecule has 1 aromatic carbocycles. The summed E-state index contributed by atoms with van der Waals surface area (Å²) >= 11 is 0. The lowest BCUT2D eigenvalue weighted by atomic mass is 10.2. The highest BCUT2D eigenvalue weighted by Gasteiger charge is 2.20. The first-order valence-corrected chi connectivity index (χ1v) is 7.72. The summed E-state index contributed by atoms with van der Waals surface area (Å²) in [6.45, 7) is 6.06. The molecule has 6 nitrogen and oxygen atoms in total. The largest absolute Gasteiger partial charge is 0.334 e. The van der Waals surface area contributed by atoms with Crippen LogP contribution in [0.3, 0.4) is 0 Å². The van der Waals surface area contributed by atoms with Crippen molar-refractivity contribution in [3.8, 4) is 17.1 Å². The monoisotopic (exact) mass is 311 g/mol. The number of nitrogens with one attached hydrogen (secondary N) is 1. The van der Waals surface area contributed by atoms with Crippen LogP contribution in [0.5, 0.6) is 0 Å². The van der Waals surface area contributed by atoms with Gasteiger partial charge in [-0.15, -0.1) is 0 Å². The third-order valence-electron chi connectivity index (χ3n) is 3.96. The average Bonchev–Trinajstić information content (AvgIpc) is 3.12. The molecule has 6 heteroatoms. The van der Waals surface area contributed by atoms with Crippen molar-refractivity contribution < 1.29 is 4.52 Å². The van der Waals surface area contributed by atoms with Crippen molar-refractivity contribution in [3.63, 3.8) is 0 Å². The minimum Gasteiger partial charge on any atom is -0.334 e. The molecule has 0 saturated heterocycles. The Morgan fingerprint density at radius 3 is 2.65 bits per heavy atom. The molecule has 3 aromatic rings. The van der Waals surface area contributed by atoms with Crippen molar-refractivity contribution in [1.29, 1.82) is 0 Å². The number of para-hydroxylation sites is 1. The maximum atomic E-state index is 5.46. The van der Waals surface area contributed by atoms with Crippen LogP contribution in [0.25, 0.3) is 17.1 Å². The molecular weight excluding hydrogens is 290 g/mol. The van der Waals surface area contributed by atoms with E-state index in [4.69, 9.17) is 4.52 Å². The van der Waals surface area contributed by atoms with E-state index in [0.717, 1.165) is 29.1 Å². The quantitative estimate of drug-likeness (QED) is 0.784. The van der Waals surface area contributed by atoms with Gasteiger partial charge in [-0.3, -0.25) is 0 Å². The van der Waals surface area contributed by atoms with E-state index in [0.29, 0.717) is 17.8 Å². The Hall–Kier alpha value is -2.47. The summed E-state index contributed by atoms with van der Waals surface area (Å²) in [6, 6.07) is 10.3. The Morgan fingerprint density at radius 2 is 1.96 bits per heavy atom. The van der Waals surface area contributed by atoms with Crippen molar-refractivity contribution in [2.24, 2.45) is 0 Å². The van der Waals surface area contributed by atoms with Crippen molar-refractivity contribution in [3.05, 3.63) is 47.5 Å². The summed E-state index contributed by atoms with van der Waals surface area (Å²) in [5, 5.41) is 11.9. The maximum absolute atomic E-state index is 5.46. The van der Waals surface area contributed by atoms with Gasteiger partial charge in [-0.2, -0.15) is 10.1 Å². The van der Waals surface area contributed by atoms with Crippen molar-refractivity contribution in [1.82, 2.24) is 25.2 Å². The van der Waals surface area contributed by atoms with Gasteiger partial charge in [-0.25, -0.2) is 4.68 Å². The molecule has 1 unspecified atom stereocenters. The Balaban J connectivity index is 1.96. The highest BCUT2D eigenvalue weighted by Crippen LogP contribution is 2.27. The van der Waals surface area contributed by atoms with Gasteiger partial charge in [0, 0.05) is 12.5 Å². The fourth-order valence-corrected chi connectivity index (χ4v) is 2.59. The van der Waals surface area contributed by atoms with Gasteiger partial charge < -0.3 is 9.84 Å². The van der Waals surface area contributed by atoms with Crippen molar-refractivity contribution >= 4 is 0 Å². The molecule has 1 atom stereocenters. The lowest BCUT2D eigenvalue weighted by Crippen LogP contribution is -2.24. The zero-order valence-corrected chi connectivity index (χ0v) is 13.9. The van der Waals surface area contributed by atoms with Crippen LogP contribution < -0.4 is 5.32 Å². The second-order valence-corrected chi connectivity index (χ2v) is 5.70. The molecule has 0 saturated carbocycles. The summed E-state index contributed by atoms with van der Waals surface area (Å²) in [7, 11) is 1.92. The smallest absolute Gasteiger partial charge is 0.261 e. The van der Waals surface area contributed by atoms with Crippen LogP contribution in [0.1, 0.15) is 24.1 Å². The number of benzene rings is 1. The van der Waals surface area contributed by atoms with Gasteiger partial charge >= 0.3 is 0 Å². The van der Waals surface area contributed by atoms with Crippen LogP contribution >= 0.6 is 0 Å². The number of aryl methyl sites for hydroxylation is 1. The topological polar surface area (TPSA) is 68.8 Å². The SMILES string of the molecule is CNC(C)Cc1noc(-c2c(C)nn(-c3ccccc3)c2C)n1. The molecule has 23 heavy (non-hydrogen) atoms. The number of aromatic nitrogens is 4. The zero-order valence-electron chi connectivity index (χ0n) is 13.9. The minimum absolute atomic E-state index is 0.301. The number of likely N-dealkylation sites (N-methyl/N-ethyl adjacent to an activating group) is 1. The molecular formula is C17H21N5O. The van der Waals surface area contributed by atoms with E-state index in [1.165, 1.54) is 0 Å². The minimum atomic E-state index is 0.301. The number of hydrogen-bond acceptors (Lipinski definition) is 5. The molecule has 1 N–H and O–H groups in total. The fraction of sp³-hybridized carbons (Fsp3) is 0.353. The second kappa shape index (κ2) is 6.34. The summed E-state index contributed by atoms with van der Waals surface area (Å²) < 4.78 is 7.37. The molecule has 3 rings (SSSR count). The van der Waals surface area contributed by atoms with Gasteiger partial charge in [0.2, 0.25) is 0 Å². The maximum Gasteiger partial charge on any atom is 0.261 e. The van der Waals surface area contributed by atoms with E-state index in [1.807, 2.05) is 55.9 Å². The molecule has 0 aliphatic rings. The molecule has 0 aliphatic carbocycles. The second-order valence-electron chi connectivity index (χ2n) is 5.70. The van der Waals surface area contributed by atoms with Gasteiger partial charge in [-0.05, 0) is 40.0 Å².